The van der Waals surface area contributed by atoms with Gasteiger partial charge in [0.25, 0.3) is 0 Å². The second-order valence-corrected chi connectivity index (χ2v) is 6.23. The van der Waals surface area contributed by atoms with Crippen molar-refractivity contribution in [2.24, 2.45) is 0 Å². The maximum atomic E-state index is 13.3. The zero-order chi connectivity index (χ0) is 22.3. The number of carbonyl (C=O) groups is 1. The van der Waals surface area contributed by atoms with E-state index in [2.05, 4.69) is 6.58 Å². The van der Waals surface area contributed by atoms with Gasteiger partial charge in [-0.2, -0.15) is 57.1 Å². The van der Waals surface area contributed by atoms with Gasteiger partial charge in [-0.15, -0.1) is 0 Å². The van der Waals surface area contributed by atoms with E-state index in [1.165, 1.54) is 0 Å². The van der Waals surface area contributed by atoms with Crippen LogP contribution in [0.15, 0.2) is 12.2 Å². The predicted molar refractivity (Wildman–Crippen MR) is 67.7 cm³/mol. The van der Waals surface area contributed by atoms with Crippen LogP contribution in [0, 0.1) is 0 Å². The molecule has 0 spiro atoms. The van der Waals surface area contributed by atoms with E-state index >= 15 is 0 Å². The molecule has 0 rings (SSSR count). The van der Waals surface area contributed by atoms with Crippen LogP contribution in [-0.2, 0) is 4.79 Å². The van der Waals surface area contributed by atoms with Crippen molar-refractivity contribution >= 4 is 16.9 Å². The molecule has 0 amide bonds. The Bertz CT molecular complexity index is 578. The van der Waals surface area contributed by atoms with Crippen LogP contribution in [0.5, 0.6) is 0 Å². The lowest BCUT2D eigenvalue weighted by molar-refractivity contribution is -0.439. The standard InChI is InChI=1S/C12H9F13OS/c1-5(2)6(26)27-4-3-7(13,14)8(15,16)9(17,18)10(19,20)11(21,22)12(23,24)25/h1,3-4H2,2H3. The minimum atomic E-state index is -7.91. The Hall–Kier alpha value is -1.15. The van der Waals surface area contributed by atoms with E-state index in [4.69, 9.17) is 0 Å². The lowest BCUT2D eigenvalue weighted by Gasteiger charge is -2.39. The first kappa shape index (κ1) is 25.8. The number of hydrogen-bond donors (Lipinski definition) is 0. The number of halogens is 13. The molecule has 0 saturated carbocycles. The molecule has 0 atom stereocenters. The molecule has 0 unspecified atom stereocenters. The third-order valence-corrected chi connectivity index (χ3v) is 4.01. The molecule has 27 heavy (non-hydrogen) atoms. The molecule has 0 bridgehead atoms. The van der Waals surface area contributed by atoms with Gasteiger partial charge in [0.2, 0.25) is 5.12 Å². The third kappa shape index (κ3) is 4.31. The summed E-state index contributed by atoms with van der Waals surface area (Å²) < 4.78 is 166. The van der Waals surface area contributed by atoms with Gasteiger partial charge in [-0.1, -0.05) is 18.3 Å². The first-order chi connectivity index (χ1) is 11.6. The molecule has 0 aromatic rings. The lowest BCUT2D eigenvalue weighted by Crippen LogP contribution is -2.70. The van der Waals surface area contributed by atoms with E-state index in [1.54, 1.807) is 0 Å². The van der Waals surface area contributed by atoms with E-state index < -0.39 is 53.1 Å². The lowest BCUT2D eigenvalue weighted by atomic mass is 9.93. The number of alkyl halides is 13. The van der Waals surface area contributed by atoms with Crippen LogP contribution in [-0.4, -0.2) is 46.7 Å². The molecule has 0 fully saturated rings. The fraction of sp³-hybridized carbons (Fsp3) is 0.750. The zero-order valence-electron chi connectivity index (χ0n) is 12.9. The van der Waals surface area contributed by atoms with Gasteiger partial charge in [0.05, 0.1) is 0 Å². The molecule has 0 aliphatic carbocycles. The van der Waals surface area contributed by atoms with E-state index in [9.17, 15) is 61.9 Å². The zero-order valence-corrected chi connectivity index (χ0v) is 13.7. The minimum absolute atomic E-state index is 0.157. The molecule has 160 valence electrons. The van der Waals surface area contributed by atoms with Crippen molar-refractivity contribution in [2.75, 3.05) is 5.75 Å². The first-order valence-corrected chi connectivity index (χ1v) is 7.35. The number of hydrogen-bond acceptors (Lipinski definition) is 2. The normalized spacial score (nSPS) is 15.0. The van der Waals surface area contributed by atoms with Crippen molar-refractivity contribution < 1.29 is 61.9 Å². The first-order valence-electron chi connectivity index (χ1n) is 6.36. The quantitative estimate of drug-likeness (QED) is 0.337. The topological polar surface area (TPSA) is 17.1 Å². The van der Waals surface area contributed by atoms with Crippen molar-refractivity contribution in [3.05, 3.63) is 12.2 Å². The summed E-state index contributed by atoms with van der Waals surface area (Å²) in [6.45, 7) is 4.08. The van der Waals surface area contributed by atoms with Gasteiger partial charge in [0, 0.05) is 12.2 Å². The van der Waals surface area contributed by atoms with E-state index in [0.29, 0.717) is 0 Å². The molecular weight excluding hydrogens is 439 g/mol. The Kier molecular flexibility index (Phi) is 7.04. The van der Waals surface area contributed by atoms with Gasteiger partial charge in [-0.3, -0.25) is 4.79 Å². The van der Waals surface area contributed by atoms with Gasteiger partial charge in [-0.25, -0.2) is 0 Å². The average Bonchev–Trinajstić information content (AvgIpc) is 2.44. The molecule has 0 aromatic heterocycles. The Labute approximate surface area is 147 Å². The van der Waals surface area contributed by atoms with Crippen LogP contribution in [0.4, 0.5) is 57.1 Å². The van der Waals surface area contributed by atoms with Gasteiger partial charge >= 0.3 is 35.8 Å². The molecule has 0 heterocycles. The minimum Gasteiger partial charge on any atom is -0.282 e. The molecule has 0 aromatic carbocycles. The van der Waals surface area contributed by atoms with Gasteiger partial charge < -0.3 is 0 Å². The summed E-state index contributed by atoms with van der Waals surface area (Å²) in [6.07, 6.45) is -9.85. The number of rotatable bonds is 8. The van der Waals surface area contributed by atoms with Crippen molar-refractivity contribution in [1.82, 2.24) is 0 Å². The summed E-state index contributed by atoms with van der Waals surface area (Å²) in [5.41, 5.74) is -0.281. The molecule has 0 aliphatic rings. The maximum Gasteiger partial charge on any atom is 0.460 e. The SMILES string of the molecule is C=C(C)C(=O)SCCC(F)(F)C(F)(F)C(F)(F)C(F)(F)C(F)(F)C(F)(F)F. The summed E-state index contributed by atoms with van der Waals surface area (Å²) in [7, 11) is 0. The molecule has 1 nitrogen and oxygen atoms in total. The van der Waals surface area contributed by atoms with Gasteiger partial charge in [0.15, 0.2) is 0 Å². The second kappa shape index (κ2) is 7.35. The highest BCUT2D eigenvalue weighted by Crippen LogP contribution is 2.60. The molecule has 0 N–H and O–H groups in total. The van der Waals surface area contributed by atoms with Crippen LogP contribution in [0.3, 0.4) is 0 Å². The highest BCUT2D eigenvalue weighted by Gasteiger charge is 2.90. The fourth-order valence-electron chi connectivity index (χ4n) is 1.35. The van der Waals surface area contributed by atoms with Crippen molar-refractivity contribution in [2.45, 2.75) is 49.1 Å². The molecule has 0 aliphatic heterocycles. The van der Waals surface area contributed by atoms with Crippen molar-refractivity contribution in [3.63, 3.8) is 0 Å². The summed E-state index contributed by atoms with van der Waals surface area (Å²) in [5.74, 6) is -38.3. The van der Waals surface area contributed by atoms with Crippen molar-refractivity contribution in [3.8, 4) is 0 Å². The summed E-state index contributed by atoms with van der Waals surface area (Å²) >= 11 is -0.157. The monoisotopic (exact) mass is 448 g/mol. The van der Waals surface area contributed by atoms with Crippen LogP contribution in [0.2, 0.25) is 0 Å². The Morgan fingerprint density at radius 1 is 0.741 bits per heavy atom. The van der Waals surface area contributed by atoms with E-state index in [1.807, 2.05) is 0 Å². The van der Waals surface area contributed by atoms with Crippen molar-refractivity contribution in [1.29, 1.82) is 0 Å². The number of thioether (sulfide) groups is 1. The predicted octanol–water partition coefficient (Wildman–Crippen LogP) is 5.95. The smallest absolute Gasteiger partial charge is 0.282 e. The summed E-state index contributed by atoms with van der Waals surface area (Å²) in [4.78, 5) is 11.0. The van der Waals surface area contributed by atoms with Crippen LogP contribution < -0.4 is 0 Å². The van der Waals surface area contributed by atoms with Crippen LogP contribution >= 0.6 is 11.8 Å². The Morgan fingerprint density at radius 2 is 1.11 bits per heavy atom. The van der Waals surface area contributed by atoms with Crippen LogP contribution in [0.25, 0.3) is 0 Å². The van der Waals surface area contributed by atoms with Crippen LogP contribution in [0.1, 0.15) is 13.3 Å². The average molecular weight is 448 g/mol. The summed E-state index contributed by atoms with van der Waals surface area (Å²) in [5, 5.41) is -1.06. The Balaban J connectivity index is 5.80. The Morgan fingerprint density at radius 3 is 1.44 bits per heavy atom. The number of carbonyl (C=O) groups excluding carboxylic acids is 1. The largest absolute Gasteiger partial charge is 0.460 e. The van der Waals surface area contributed by atoms with E-state index in [0.717, 1.165) is 6.92 Å². The molecule has 15 heteroatoms. The highest BCUT2D eigenvalue weighted by atomic mass is 32.2. The summed E-state index contributed by atoms with van der Waals surface area (Å²) in [6, 6.07) is 0. The van der Waals surface area contributed by atoms with E-state index in [-0.39, 0.29) is 17.3 Å². The fourth-order valence-corrected chi connectivity index (χ4v) is 2.14. The maximum absolute atomic E-state index is 13.3. The highest BCUT2D eigenvalue weighted by molar-refractivity contribution is 8.14. The van der Waals surface area contributed by atoms with Gasteiger partial charge in [0.1, 0.15) is 0 Å². The molecule has 0 radical (unpaired) electrons. The molecular formula is C12H9F13OS. The second-order valence-electron chi connectivity index (χ2n) is 5.17. The molecule has 0 saturated heterocycles. The third-order valence-electron chi connectivity index (χ3n) is 3.00. The van der Waals surface area contributed by atoms with Gasteiger partial charge in [-0.05, 0) is 12.5 Å².